The third kappa shape index (κ3) is 3.13. The summed E-state index contributed by atoms with van der Waals surface area (Å²) in [6.07, 6.45) is -3.60. The average molecular weight is 403 g/mol. The highest BCUT2D eigenvalue weighted by Crippen LogP contribution is 2.38. The molecule has 0 saturated carbocycles. The maximum atomic E-state index is 13.6. The summed E-state index contributed by atoms with van der Waals surface area (Å²) >= 11 is 0. The van der Waals surface area contributed by atoms with E-state index in [2.05, 4.69) is 30.6 Å². The van der Waals surface area contributed by atoms with Crippen LogP contribution in [0.2, 0.25) is 0 Å². The molecule has 1 aromatic carbocycles. The lowest BCUT2D eigenvalue weighted by molar-refractivity contribution is -0.140. The molecule has 0 aliphatic rings. The SMILES string of the molecule is Cc1[nH]c2c(-c3ccccc3)c(C(F)(F)F)nn2c(=O)c1C(=O)Nc1nc[nH]n1. The number of amides is 1. The highest BCUT2D eigenvalue weighted by atomic mass is 19.4. The second-order valence-electron chi connectivity index (χ2n) is 6.05. The van der Waals surface area contributed by atoms with Crippen LogP contribution in [-0.2, 0) is 6.18 Å². The number of halogens is 3. The molecule has 9 nitrogen and oxygen atoms in total. The fraction of sp³-hybridized carbons (Fsp3) is 0.118. The van der Waals surface area contributed by atoms with E-state index in [0.717, 1.165) is 0 Å². The fourth-order valence-electron chi connectivity index (χ4n) is 2.96. The minimum absolute atomic E-state index is 0.0707. The van der Waals surface area contributed by atoms with Gasteiger partial charge in [-0.2, -0.15) is 22.8 Å². The molecule has 0 saturated heterocycles. The molecule has 1 amide bonds. The van der Waals surface area contributed by atoms with Gasteiger partial charge in [0.15, 0.2) is 5.69 Å². The van der Waals surface area contributed by atoms with E-state index in [0.29, 0.717) is 4.52 Å². The minimum Gasteiger partial charge on any atom is -0.342 e. The predicted molar refractivity (Wildman–Crippen MR) is 95.3 cm³/mol. The van der Waals surface area contributed by atoms with E-state index in [1.165, 1.54) is 25.4 Å². The van der Waals surface area contributed by atoms with Gasteiger partial charge in [0.25, 0.3) is 11.5 Å². The lowest BCUT2D eigenvalue weighted by Crippen LogP contribution is -2.29. The van der Waals surface area contributed by atoms with E-state index in [-0.39, 0.29) is 28.4 Å². The Balaban J connectivity index is 1.96. The Hall–Kier alpha value is -3.96. The van der Waals surface area contributed by atoms with Gasteiger partial charge >= 0.3 is 6.18 Å². The Morgan fingerprint density at radius 3 is 2.55 bits per heavy atom. The Morgan fingerprint density at radius 2 is 1.93 bits per heavy atom. The van der Waals surface area contributed by atoms with Gasteiger partial charge in [-0.05, 0) is 12.5 Å². The third-order valence-corrected chi connectivity index (χ3v) is 4.17. The first-order chi connectivity index (χ1) is 13.8. The van der Waals surface area contributed by atoms with Gasteiger partial charge in [0.1, 0.15) is 17.5 Å². The summed E-state index contributed by atoms with van der Waals surface area (Å²) in [6.45, 7) is 1.41. The smallest absolute Gasteiger partial charge is 0.342 e. The summed E-state index contributed by atoms with van der Waals surface area (Å²) in [4.78, 5) is 31.7. The van der Waals surface area contributed by atoms with Gasteiger partial charge in [-0.15, -0.1) is 5.10 Å². The van der Waals surface area contributed by atoms with Gasteiger partial charge in [-0.25, -0.2) is 4.98 Å². The fourth-order valence-corrected chi connectivity index (χ4v) is 2.96. The number of hydrogen-bond donors (Lipinski definition) is 3. The molecular weight excluding hydrogens is 391 g/mol. The Kier molecular flexibility index (Phi) is 4.18. The molecule has 3 aromatic heterocycles. The van der Waals surface area contributed by atoms with E-state index in [4.69, 9.17) is 0 Å². The van der Waals surface area contributed by atoms with Crippen LogP contribution in [0.25, 0.3) is 16.8 Å². The van der Waals surface area contributed by atoms with E-state index < -0.39 is 28.9 Å². The molecule has 0 bridgehead atoms. The number of carbonyl (C=O) groups excluding carboxylic acids is 1. The monoisotopic (exact) mass is 403 g/mol. The van der Waals surface area contributed by atoms with Crippen molar-refractivity contribution in [3.8, 4) is 11.1 Å². The number of nitrogens with zero attached hydrogens (tertiary/aromatic N) is 4. The molecule has 4 rings (SSSR count). The molecule has 12 heteroatoms. The van der Waals surface area contributed by atoms with Gasteiger partial charge in [0, 0.05) is 5.69 Å². The molecule has 0 unspecified atom stereocenters. The molecular formula is C17H12F3N7O2. The average Bonchev–Trinajstić information content (AvgIpc) is 3.29. The van der Waals surface area contributed by atoms with Crippen molar-refractivity contribution in [1.29, 1.82) is 0 Å². The van der Waals surface area contributed by atoms with Gasteiger partial charge in [0.2, 0.25) is 5.95 Å². The number of alkyl halides is 3. The van der Waals surface area contributed by atoms with Gasteiger partial charge in [-0.3, -0.25) is 20.0 Å². The lowest BCUT2D eigenvalue weighted by Gasteiger charge is -2.08. The molecule has 0 aliphatic carbocycles. The number of aromatic amines is 2. The Bertz CT molecular complexity index is 1260. The summed E-state index contributed by atoms with van der Waals surface area (Å²) in [5.41, 5.74) is -2.79. The second-order valence-corrected chi connectivity index (χ2v) is 6.05. The quantitative estimate of drug-likeness (QED) is 0.485. The first-order valence-electron chi connectivity index (χ1n) is 8.22. The van der Waals surface area contributed by atoms with Gasteiger partial charge < -0.3 is 4.98 Å². The number of fused-ring (bicyclic) bond motifs is 1. The van der Waals surface area contributed by atoms with Crippen LogP contribution in [-0.4, -0.2) is 35.7 Å². The normalized spacial score (nSPS) is 11.7. The standard InChI is InChI=1S/C17H12F3N7O2/c1-8-10(14(28)24-16-21-7-22-25-16)15(29)27-13(23-8)11(9-5-3-2-4-6-9)12(26-27)17(18,19)20/h2-7,23H,1H3,(H2,21,22,24,25,28). The molecule has 0 spiro atoms. The van der Waals surface area contributed by atoms with Crippen LogP contribution in [0.4, 0.5) is 19.1 Å². The zero-order chi connectivity index (χ0) is 20.8. The number of aryl methyl sites for hydroxylation is 1. The number of benzene rings is 1. The third-order valence-electron chi connectivity index (χ3n) is 4.17. The van der Waals surface area contributed by atoms with Crippen LogP contribution in [0.15, 0.2) is 41.5 Å². The first kappa shape index (κ1) is 18.4. The van der Waals surface area contributed by atoms with Gasteiger partial charge in [-0.1, -0.05) is 30.3 Å². The maximum absolute atomic E-state index is 13.6. The van der Waals surface area contributed by atoms with E-state index in [1.807, 2.05) is 0 Å². The minimum atomic E-state index is -4.81. The van der Waals surface area contributed by atoms with Crippen molar-refractivity contribution in [2.45, 2.75) is 13.1 Å². The van der Waals surface area contributed by atoms with E-state index in [9.17, 15) is 22.8 Å². The number of anilines is 1. The number of aromatic nitrogens is 6. The van der Waals surface area contributed by atoms with Gasteiger partial charge in [0.05, 0.1) is 5.56 Å². The number of nitrogens with one attached hydrogen (secondary N) is 3. The molecule has 148 valence electrons. The molecule has 3 heterocycles. The van der Waals surface area contributed by atoms with Crippen LogP contribution in [0.3, 0.4) is 0 Å². The molecule has 29 heavy (non-hydrogen) atoms. The van der Waals surface area contributed by atoms with Crippen LogP contribution >= 0.6 is 0 Å². The molecule has 0 aliphatic heterocycles. The first-order valence-corrected chi connectivity index (χ1v) is 8.22. The van der Waals surface area contributed by atoms with Crippen LogP contribution in [0.5, 0.6) is 0 Å². The topological polar surface area (TPSA) is 121 Å². The predicted octanol–water partition coefficient (Wildman–Crippen LogP) is 2.39. The van der Waals surface area contributed by atoms with Crippen LogP contribution < -0.4 is 10.9 Å². The highest BCUT2D eigenvalue weighted by Gasteiger charge is 2.39. The molecule has 3 N–H and O–H groups in total. The number of carbonyl (C=O) groups is 1. The number of hydrogen-bond acceptors (Lipinski definition) is 5. The number of rotatable bonds is 3. The van der Waals surface area contributed by atoms with Crippen molar-refractivity contribution in [1.82, 2.24) is 29.8 Å². The van der Waals surface area contributed by atoms with Crippen molar-refractivity contribution in [2.24, 2.45) is 0 Å². The largest absolute Gasteiger partial charge is 0.435 e. The molecule has 4 aromatic rings. The lowest BCUT2D eigenvalue weighted by atomic mass is 10.1. The molecule has 0 radical (unpaired) electrons. The summed E-state index contributed by atoms with van der Waals surface area (Å²) in [5, 5.41) is 11.8. The maximum Gasteiger partial charge on any atom is 0.435 e. The zero-order valence-corrected chi connectivity index (χ0v) is 14.7. The molecule has 0 atom stereocenters. The van der Waals surface area contributed by atoms with Crippen LogP contribution in [0, 0.1) is 6.92 Å². The Morgan fingerprint density at radius 1 is 1.21 bits per heavy atom. The van der Waals surface area contributed by atoms with Crippen LogP contribution in [0.1, 0.15) is 21.7 Å². The summed E-state index contributed by atoms with van der Waals surface area (Å²) < 4.78 is 41.4. The van der Waals surface area contributed by atoms with Crippen molar-refractivity contribution in [3.63, 3.8) is 0 Å². The summed E-state index contributed by atoms with van der Waals surface area (Å²) in [6, 6.07) is 7.75. The van der Waals surface area contributed by atoms with Crippen molar-refractivity contribution in [3.05, 3.63) is 64.0 Å². The number of H-pyrrole nitrogens is 2. The van der Waals surface area contributed by atoms with Crippen molar-refractivity contribution >= 4 is 17.5 Å². The summed E-state index contributed by atoms with van der Waals surface area (Å²) in [7, 11) is 0. The zero-order valence-electron chi connectivity index (χ0n) is 14.7. The second kappa shape index (κ2) is 6.58. The molecule has 0 fully saturated rings. The Labute approximate surface area is 159 Å². The van der Waals surface area contributed by atoms with Crippen molar-refractivity contribution < 1.29 is 18.0 Å². The van der Waals surface area contributed by atoms with E-state index in [1.54, 1.807) is 18.2 Å². The van der Waals surface area contributed by atoms with Crippen molar-refractivity contribution in [2.75, 3.05) is 5.32 Å². The van der Waals surface area contributed by atoms with E-state index >= 15 is 0 Å². The summed E-state index contributed by atoms with van der Waals surface area (Å²) in [5.74, 6) is -0.967. The highest BCUT2D eigenvalue weighted by molar-refractivity contribution is 6.04.